The lowest BCUT2D eigenvalue weighted by atomic mass is 9.94. The summed E-state index contributed by atoms with van der Waals surface area (Å²) in [6, 6.07) is 0. The van der Waals surface area contributed by atoms with Crippen LogP contribution in [-0.2, 0) is 4.79 Å². The van der Waals surface area contributed by atoms with Gasteiger partial charge in [-0.3, -0.25) is 9.69 Å². The number of hydrogen-bond acceptors (Lipinski definition) is 3. The Balaban J connectivity index is 1.52. The van der Waals surface area contributed by atoms with Gasteiger partial charge in [-0.1, -0.05) is 0 Å². The quantitative estimate of drug-likeness (QED) is 0.706. The first kappa shape index (κ1) is 13.8. The van der Waals surface area contributed by atoms with Crippen molar-refractivity contribution >= 4 is 5.91 Å². The van der Waals surface area contributed by atoms with Gasteiger partial charge < -0.3 is 10.6 Å². The fraction of sp³-hybridized carbons (Fsp3) is 0.929. The summed E-state index contributed by atoms with van der Waals surface area (Å²) in [5.41, 5.74) is 0. The maximum absolute atomic E-state index is 11.7. The molecule has 18 heavy (non-hydrogen) atoms. The van der Waals surface area contributed by atoms with E-state index in [1.54, 1.807) is 0 Å². The lowest BCUT2D eigenvalue weighted by Gasteiger charge is -2.25. The highest BCUT2D eigenvalue weighted by atomic mass is 16.2. The molecule has 104 valence electrons. The first-order chi connectivity index (χ1) is 8.74. The third kappa shape index (κ3) is 5.36. The Morgan fingerprint density at radius 3 is 2.61 bits per heavy atom. The molecule has 0 unspecified atom stereocenters. The summed E-state index contributed by atoms with van der Waals surface area (Å²) in [6.07, 6.45) is 6.41. The van der Waals surface area contributed by atoms with Crippen molar-refractivity contribution in [2.45, 2.75) is 32.1 Å². The van der Waals surface area contributed by atoms with Gasteiger partial charge in [0, 0.05) is 6.54 Å². The zero-order chi connectivity index (χ0) is 12.8. The molecule has 1 heterocycles. The van der Waals surface area contributed by atoms with E-state index in [0.29, 0.717) is 6.54 Å². The minimum absolute atomic E-state index is 0.190. The van der Waals surface area contributed by atoms with Crippen LogP contribution in [0.1, 0.15) is 32.1 Å². The number of nitrogens with one attached hydrogen (secondary N) is 2. The summed E-state index contributed by atoms with van der Waals surface area (Å²) in [6.45, 7) is 4.81. The number of carbonyl (C=O) groups excluding carboxylic acids is 1. The van der Waals surface area contributed by atoms with Crippen molar-refractivity contribution in [3.05, 3.63) is 0 Å². The molecule has 2 rings (SSSR count). The molecule has 1 aliphatic carbocycles. The summed E-state index contributed by atoms with van der Waals surface area (Å²) in [7, 11) is 2.05. The predicted molar refractivity (Wildman–Crippen MR) is 73.4 cm³/mol. The summed E-state index contributed by atoms with van der Waals surface area (Å²) >= 11 is 0. The van der Waals surface area contributed by atoms with Gasteiger partial charge in [0.2, 0.25) is 5.91 Å². The third-order valence-corrected chi connectivity index (χ3v) is 4.08. The SMILES string of the molecule is CN(CCC1CCNCC1)CC(=O)NCC1CC1. The van der Waals surface area contributed by atoms with Crippen molar-refractivity contribution in [1.29, 1.82) is 0 Å². The van der Waals surface area contributed by atoms with Crippen LogP contribution in [0.25, 0.3) is 0 Å². The van der Waals surface area contributed by atoms with E-state index in [1.807, 2.05) is 0 Å². The number of piperidine rings is 1. The van der Waals surface area contributed by atoms with Gasteiger partial charge in [0.25, 0.3) is 0 Å². The number of rotatable bonds is 7. The minimum Gasteiger partial charge on any atom is -0.355 e. The van der Waals surface area contributed by atoms with Crippen LogP contribution in [0.3, 0.4) is 0 Å². The van der Waals surface area contributed by atoms with Gasteiger partial charge in [-0.25, -0.2) is 0 Å². The van der Waals surface area contributed by atoms with Crippen LogP contribution in [0.2, 0.25) is 0 Å². The molecule has 0 aromatic rings. The van der Waals surface area contributed by atoms with Crippen molar-refractivity contribution in [2.75, 3.05) is 39.8 Å². The topological polar surface area (TPSA) is 44.4 Å². The second-order valence-corrected chi connectivity index (χ2v) is 5.97. The van der Waals surface area contributed by atoms with E-state index >= 15 is 0 Å². The first-order valence-electron chi connectivity index (χ1n) is 7.40. The van der Waals surface area contributed by atoms with Gasteiger partial charge in [0.05, 0.1) is 6.54 Å². The van der Waals surface area contributed by atoms with Crippen molar-refractivity contribution in [2.24, 2.45) is 11.8 Å². The van der Waals surface area contributed by atoms with Crippen LogP contribution < -0.4 is 10.6 Å². The summed E-state index contributed by atoms with van der Waals surface area (Å²) in [4.78, 5) is 13.8. The zero-order valence-corrected chi connectivity index (χ0v) is 11.6. The molecule has 4 heteroatoms. The Kier molecular flexibility index (Phi) is 5.45. The largest absolute Gasteiger partial charge is 0.355 e. The van der Waals surface area contributed by atoms with Crippen LogP contribution in [0.5, 0.6) is 0 Å². The second-order valence-electron chi connectivity index (χ2n) is 5.97. The van der Waals surface area contributed by atoms with E-state index in [1.165, 1.54) is 32.1 Å². The Morgan fingerprint density at radius 2 is 1.94 bits per heavy atom. The molecule has 2 N–H and O–H groups in total. The Labute approximate surface area is 110 Å². The first-order valence-corrected chi connectivity index (χ1v) is 7.40. The number of likely N-dealkylation sites (N-methyl/N-ethyl adjacent to an activating group) is 1. The summed E-state index contributed by atoms with van der Waals surface area (Å²) in [5, 5.41) is 6.41. The smallest absolute Gasteiger partial charge is 0.234 e. The maximum atomic E-state index is 11.7. The fourth-order valence-corrected chi connectivity index (χ4v) is 2.53. The van der Waals surface area contributed by atoms with Crippen molar-refractivity contribution in [3.63, 3.8) is 0 Å². The van der Waals surface area contributed by atoms with Crippen molar-refractivity contribution in [1.82, 2.24) is 15.5 Å². The molecule has 2 aliphatic rings. The number of hydrogen-bond donors (Lipinski definition) is 2. The number of nitrogens with zero attached hydrogens (tertiary/aromatic N) is 1. The molecular formula is C14H27N3O. The van der Waals surface area contributed by atoms with Gasteiger partial charge in [0.1, 0.15) is 0 Å². The predicted octanol–water partition coefficient (Wildman–Crippen LogP) is 0.834. The molecule has 4 nitrogen and oxygen atoms in total. The molecule has 2 fully saturated rings. The highest BCUT2D eigenvalue weighted by molar-refractivity contribution is 5.77. The van der Waals surface area contributed by atoms with Crippen LogP contribution >= 0.6 is 0 Å². The Hall–Kier alpha value is -0.610. The number of amides is 1. The van der Waals surface area contributed by atoms with E-state index in [2.05, 4.69) is 22.6 Å². The normalized spacial score (nSPS) is 21.2. The van der Waals surface area contributed by atoms with Crippen LogP contribution in [0, 0.1) is 11.8 Å². The summed E-state index contributed by atoms with van der Waals surface area (Å²) in [5.74, 6) is 1.81. The van der Waals surface area contributed by atoms with E-state index < -0.39 is 0 Å². The number of carbonyl (C=O) groups is 1. The van der Waals surface area contributed by atoms with Gasteiger partial charge in [0.15, 0.2) is 0 Å². The Bertz CT molecular complexity index is 260. The molecule has 1 aliphatic heterocycles. The molecule has 0 spiro atoms. The lowest BCUT2D eigenvalue weighted by Crippen LogP contribution is -2.37. The molecule has 1 saturated heterocycles. The van der Waals surface area contributed by atoms with Crippen molar-refractivity contribution < 1.29 is 4.79 Å². The maximum Gasteiger partial charge on any atom is 0.234 e. The van der Waals surface area contributed by atoms with Gasteiger partial charge in [-0.05, 0) is 70.6 Å². The van der Waals surface area contributed by atoms with Crippen molar-refractivity contribution in [3.8, 4) is 0 Å². The van der Waals surface area contributed by atoms with E-state index in [0.717, 1.165) is 38.0 Å². The van der Waals surface area contributed by atoms with E-state index in [-0.39, 0.29) is 5.91 Å². The third-order valence-electron chi connectivity index (χ3n) is 4.08. The highest BCUT2D eigenvalue weighted by Gasteiger charge is 2.21. The van der Waals surface area contributed by atoms with Crippen LogP contribution in [-0.4, -0.2) is 50.6 Å². The van der Waals surface area contributed by atoms with E-state index in [4.69, 9.17) is 0 Å². The van der Waals surface area contributed by atoms with Crippen LogP contribution in [0.4, 0.5) is 0 Å². The average Bonchev–Trinajstić information content (AvgIpc) is 3.19. The minimum atomic E-state index is 0.190. The van der Waals surface area contributed by atoms with Gasteiger partial charge in [-0.15, -0.1) is 0 Å². The molecule has 1 amide bonds. The molecule has 0 aromatic carbocycles. The molecule has 0 atom stereocenters. The fourth-order valence-electron chi connectivity index (χ4n) is 2.53. The zero-order valence-electron chi connectivity index (χ0n) is 11.6. The average molecular weight is 253 g/mol. The lowest BCUT2D eigenvalue weighted by molar-refractivity contribution is -0.122. The molecular weight excluding hydrogens is 226 g/mol. The summed E-state index contributed by atoms with van der Waals surface area (Å²) < 4.78 is 0. The standard InChI is InChI=1S/C14H27N3O/c1-17(9-6-12-4-7-15-8-5-12)11-14(18)16-10-13-2-3-13/h12-13,15H,2-11H2,1H3,(H,16,18). The van der Waals surface area contributed by atoms with Crippen LogP contribution in [0.15, 0.2) is 0 Å². The van der Waals surface area contributed by atoms with Gasteiger partial charge in [-0.2, -0.15) is 0 Å². The second kappa shape index (κ2) is 7.10. The molecule has 1 saturated carbocycles. The highest BCUT2D eigenvalue weighted by Crippen LogP contribution is 2.27. The Morgan fingerprint density at radius 1 is 1.22 bits per heavy atom. The molecule has 0 aromatic heterocycles. The molecule has 0 radical (unpaired) electrons. The van der Waals surface area contributed by atoms with Gasteiger partial charge >= 0.3 is 0 Å². The monoisotopic (exact) mass is 253 g/mol. The van der Waals surface area contributed by atoms with E-state index in [9.17, 15) is 4.79 Å². The molecule has 0 bridgehead atoms.